The van der Waals surface area contributed by atoms with Gasteiger partial charge >= 0.3 is 0 Å². The largest absolute Gasteiger partial charge is 0.387 e. The minimum Gasteiger partial charge on any atom is -0.387 e. The molecule has 2 aliphatic rings. The van der Waals surface area contributed by atoms with E-state index in [4.69, 9.17) is 0 Å². The standard InChI is InChI=1S/C26H30FN7O4S/c1-26(2,36)23(27)12-30-25(35)19-11-29-21(22-5-4-18-6-15(9-28)10-31-34(18)22)8-20(19)32-24-16-7-17(24)14-33(13-16)39(3,37)38/h4-6,8,10-11,16-17,23-24,36H,7,12-14H2,1-3H3,(H,29,32)(H,30,35). The SMILES string of the molecule is CC(C)(O)C(F)CNC(=O)c1cnc(-c2ccc3cc(C#N)cnn23)cc1NC1C2CC1CN(S(C)(=O)=O)C2. The van der Waals surface area contributed by atoms with Gasteiger partial charge in [-0.3, -0.25) is 9.78 Å². The van der Waals surface area contributed by atoms with Gasteiger partial charge in [0.1, 0.15) is 12.2 Å². The van der Waals surface area contributed by atoms with E-state index in [2.05, 4.69) is 26.8 Å². The summed E-state index contributed by atoms with van der Waals surface area (Å²) >= 11 is 0. The number of halogens is 1. The summed E-state index contributed by atoms with van der Waals surface area (Å²) in [6.07, 6.45) is 3.28. The lowest BCUT2D eigenvalue weighted by Gasteiger charge is -2.53. The van der Waals surface area contributed by atoms with Crippen LogP contribution in [0, 0.1) is 23.2 Å². The number of nitriles is 1. The lowest BCUT2D eigenvalue weighted by Crippen LogP contribution is -2.62. The molecule has 3 N–H and O–H groups in total. The summed E-state index contributed by atoms with van der Waals surface area (Å²) in [5, 5.41) is 29.4. The van der Waals surface area contributed by atoms with Crippen LogP contribution >= 0.6 is 0 Å². The number of rotatable bonds is 8. The fourth-order valence-electron chi connectivity index (χ4n) is 5.21. The van der Waals surface area contributed by atoms with Gasteiger partial charge in [0.25, 0.3) is 5.91 Å². The molecule has 4 heterocycles. The van der Waals surface area contributed by atoms with Crippen LogP contribution in [0.3, 0.4) is 0 Å². The zero-order valence-corrected chi connectivity index (χ0v) is 22.6. The number of amides is 1. The molecule has 1 saturated carbocycles. The molecule has 1 amide bonds. The third-order valence-corrected chi connectivity index (χ3v) is 8.77. The van der Waals surface area contributed by atoms with Crippen LogP contribution in [0.1, 0.15) is 36.2 Å². The summed E-state index contributed by atoms with van der Waals surface area (Å²) < 4.78 is 41.6. The molecule has 0 aromatic carbocycles. The van der Waals surface area contributed by atoms with Crippen molar-refractivity contribution in [3.05, 3.63) is 47.8 Å². The summed E-state index contributed by atoms with van der Waals surface area (Å²) in [7, 11) is -3.29. The van der Waals surface area contributed by atoms with E-state index in [0.717, 1.165) is 6.42 Å². The van der Waals surface area contributed by atoms with Gasteiger partial charge in [-0.15, -0.1) is 0 Å². The van der Waals surface area contributed by atoms with Crippen LogP contribution in [0.4, 0.5) is 10.1 Å². The Morgan fingerprint density at radius 1 is 1.28 bits per heavy atom. The van der Waals surface area contributed by atoms with Crippen molar-refractivity contribution in [3.63, 3.8) is 0 Å². The maximum absolute atomic E-state index is 14.3. The Kier molecular flexibility index (Phi) is 6.82. The van der Waals surface area contributed by atoms with Crippen LogP contribution < -0.4 is 10.6 Å². The fourth-order valence-corrected chi connectivity index (χ4v) is 6.13. The number of carbonyl (C=O) groups excluding carboxylic acids is 1. The number of sulfonamides is 1. The van der Waals surface area contributed by atoms with Crippen LogP contribution in [-0.2, 0) is 10.0 Å². The molecule has 3 atom stereocenters. The highest BCUT2D eigenvalue weighted by Gasteiger charge is 2.49. The number of nitrogens with one attached hydrogen (secondary N) is 2. The number of anilines is 1. The lowest BCUT2D eigenvalue weighted by molar-refractivity contribution is -0.00177. The van der Waals surface area contributed by atoms with Crippen LogP contribution in [0.2, 0.25) is 0 Å². The zero-order chi connectivity index (χ0) is 28.1. The van der Waals surface area contributed by atoms with Gasteiger partial charge in [-0.2, -0.15) is 10.4 Å². The van der Waals surface area contributed by atoms with Gasteiger partial charge < -0.3 is 15.7 Å². The average Bonchev–Trinajstić information content (AvgIpc) is 3.32. The average molecular weight is 556 g/mol. The first-order chi connectivity index (χ1) is 18.3. The number of hydrogen-bond donors (Lipinski definition) is 3. The van der Waals surface area contributed by atoms with Gasteiger partial charge in [0, 0.05) is 25.3 Å². The van der Waals surface area contributed by atoms with E-state index < -0.39 is 27.7 Å². The van der Waals surface area contributed by atoms with E-state index in [1.165, 1.54) is 36.8 Å². The molecule has 3 aromatic heterocycles. The molecule has 3 unspecified atom stereocenters. The number of carbonyl (C=O) groups is 1. The minimum atomic E-state index is -3.29. The summed E-state index contributed by atoms with van der Waals surface area (Å²) in [6, 6.07) is 9.07. The van der Waals surface area contributed by atoms with Gasteiger partial charge in [-0.1, -0.05) is 0 Å². The molecule has 2 bridgehead atoms. The monoisotopic (exact) mass is 555 g/mol. The number of alkyl halides is 1. The predicted molar refractivity (Wildman–Crippen MR) is 142 cm³/mol. The lowest BCUT2D eigenvalue weighted by atomic mass is 9.67. The molecule has 0 radical (unpaired) electrons. The zero-order valence-electron chi connectivity index (χ0n) is 21.8. The van der Waals surface area contributed by atoms with Crippen LogP contribution in [0.5, 0.6) is 0 Å². The maximum atomic E-state index is 14.3. The number of hydrogen-bond acceptors (Lipinski definition) is 8. The van der Waals surface area contributed by atoms with Crippen molar-refractivity contribution in [2.45, 2.75) is 38.1 Å². The highest BCUT2D eigenvalue weighted by molar-refractivity contribution is 7.88. The Hall–Kier alpha value is -3.60. The van der Waals surface area contributed by atoms with Crippen molar-refractivity contribution in [2.24, 2.45) is 11.8 Å². The number of piperidine rings is 2. The Morgan fingerprint density at radius 2 is 2.00 bits per heavy atom. The van der Waals surface area contributed by atoms with Crippen molar-refractivity contribution in [3.8, 4) is 17.5 Å². The molecule has 1 saturated heterocycles. The molecule has 5 rings (SSSR count). The summed E-state index contributed by atoms with van der Waals surface area (Å²) in [6.45, 7) is 3.08. The number of nitrogens with zero attached hydrogens (tertiary/aromatic N) is 5. The van der Waals surface area contributed by atoms with E-state index in [-0.39, 0.29) is 30.0 Å². The van der Waals surface area contributed by atoms with Gasteiger partial charge in [0.05, 0.1) is 58.3 Å². The second-order valence-corrected chi connectivity index (χ2v) is 12.8. The summed E-state index contributed by atoms with van der Waals surface area (Å²) in [5.41, 5.74) is 1.36. The van der Waals surface area contributed by atoms with Crippen molar-refractivity contribution in [1.82, 2.24) is 24.2 Å². The van der Waals surface area contributed by atoms with E-state index >= 15 is 0 Å². The molecule has 11 nitrogen and oxygen atoms in total. The molecular weight excluding hydrogens is 525 g/mol. The molecule has 206 valence electrons. The fraction of sp³-hybridized carbons (Fsp3) is 0.462. The van der Waals surface area contributed by atoms with Crippen molar-refractivity contribution in [1.29, 1.82) is 5.26 Å². The molecule has 39 heavy (non-hydrogen) atoms. The van der Waals surface area contributed by atoms with Crippen LogP contribution in [0.15, 0.2) is 36.7 Å². The second-order valence-electron chi connectivity index (χ2n) is 10.9. The van der Waals surface area contributed by atoms with Gasteiger partial charge in [-0.05, 0) is 56.4 Å². The first-order valence-electron chi connectivity index (χ1n) is 12.6. The number of aromatic nitrogens is 3. The predicted octanol–water partition coefficient (Wildman–Crippen LogP) is 1.80. The second kappa shape index (κ2) is 9.86. The Labute approximate surface area is 225 Å². The molecule has 1 aliphatic carbocycles. The highest BCUT2D eigenvalue weighted by Crippen LogP contribution is 2.43. The van der Waals surface area contributed by atoms with Crippen LogP contribution in [0.25, 0.3) is 16.9 Å². The van der Waals surface area contributed by atoms with Crippen molar-refractivity contribution in [2.75, 3.05) is 31.2 Å². The first kappa shape index (κ1) is 27.0. The Balaban J connectivity index is 1.46. The third-order valence-electron chi connectivity index (χ3n) is 7.54. The van der Waals surface area contributed by atoms with Crippen molar-refractivity contribution >= 4 is 27.1 Å². The highest BCUT2D eigenvalue weighted by atomic mass is 32.2. The van der Waals surface area contributed by atoms with Gasteiger partial charge in [0.15, 0.2) is 0 Å². The molecule has 1 aliphatic heterocycles. The summed E-state index contributed by atoms with van der Waals surface area (Å²) in [5.74, 6) is -0.393. The molecule has 2 fully saturated rings. The topological polar surface area (TPSA) is 153 Å². The van der Waals surface area contributed by atoms with Crippen LogP contribution in [-0.4, -0.2) is 82.0 Å². The Morgan fingerprint density at radius 3 is 2.64 bits per heavy atom. The normalized spacial score (nSPS) is 22.1. The number of aliphatic hydroxyl groups is 1. The van der Waals surface area contributed by atoms with E-state index in [0.29, 0.717) is 41.2 Å². The molecular formula is C26H30FN7O4S. The molecule has 3 aromatic rings. The third kappa shape index (κ3) is 5.32. The van der Waals surface area contributed by atoms with Crippen molar-refractivity contribution < 1.29 is 22.7 Å². The first-order valence-corrected chi connectivity index (χ1v) is 14.4. The maximum Gasteiger partial charge on any atom is 0.255 e. The summed E-state index contributed by atoms with van der Waals surface area (Å²) in [4.78, 5) is 17.6. The van der Waals surface area contributed by atoms with Gasteiger partial charge in [-0.25, -0.2) is 21.6 Å². The van der Waals surface area contributed by atoms with E-state index in [1.807, 2.05) is 12.1 Å². The smallest absolute Gasteiger partial charge is 0.255 e. The minimum absolute atomic E-state index is 0.0459. The number of pyridine rings is 1. The van der Waals surface area contributed by atoms with E-state index in [1.54, 1.807) is 16.6 Å². The molecule has 0 spiro atoms. The Bertz CT molecular complexity index is 1570. The van der Waals surface area contributed by atoms with Gasteiger partial charge in [0.2, 0.25) is 10.0 Å². The van der Waals surface area contributed by atoms with E-state index in [9.17, 15) is 28.0 Å². The molecule has 13 heteroatoms. The quantitative estimate of drug-likeness (QED) is 0.380. The number of fused-ring (bicyclic) bond motifs is 3.